The Balaban J connectivity index is 2.05. The van der Waals surface area contributed by atoms with Gasteiger partial charge < -0.3 is 21.5 Å². The maximum atomic E-state index is 14.9. The molecule has 3 heterocycles. The van der Waals surface area contributed by atoms with Gasteiger partial charge in [0.1, 0.15) is 17.2 Å². The minimum Gasteiger partial charge on any atom is -0.477 e. The molecule has 2 aromatic heterocycles. The van der Waals surface area contributed by atoms with Crippen molar-refractivity contribution in [2.75, 3.05) is 23.7 Å². The van der Waals surface area contributed by atoms with Crippen LogP contribution in [0.5, 0.6) is 0 Å². The van der Waals surface area contributed by atoms with Gasteiger partial charge in [-0.3, -0.25) is 9.36 Å². The fourth-order valence-electron chi connectivity index (χ4n) is 3.68. The van der Waals surface area contributed by atoms with Crippen molar-refractivity contribution in [3.8, 4) is 5.69 Å². The van der Waals surface area contributed by atoms with Crippen LogP contribution in [-0.2, 0) is 0 Å². The predicted molar refractivity (Wildman–Crippen MR) is 108 cm³/mol. The zero-order valence-electron chi connectivity index (χ0n) is 16.3. The highest BCUT2D eigenvalue weighted by Gasteiger charge is 2.32. The average Bonchev–Trinajstić information content (AvgIpc) is 3.04. The topological polar surface area (TPSA) is 127 Å². The quantitative estimate of drug-likeness (QED) is 0.539. The number of halogens is 3. The van der Waals surface area contributed by atoms with Crippen molar-refractivity contribution in [3.05, 3.63) is 57.6 Å². The summed E-state index contributed by atoms with van der Waals surface area (Å²) in [5, 5.41) is 9.01. The highest BCUT2D eigenvalue weighted by atomic mass is 19.1. The number of hydrogen-bond donors (Lipinski definition) is 3. The van der Waals surface area contributed by atoms with E-state index in [1.165, 1.54) is 0 Å². The Kier molecular flexibility index (Phi) is 4.65. The van der Waals surface area contributed by atoms with Crippen LogP contribution < -0.4 is 21.8 Å². The smallest absolute Gasteiger partial charge is 0.341 e. The molecule has 1 fully saturated rings. The number of fused-ring (bicyclic) bond motifs is 1. The van der Waals surface area contributed by atoms with Crippen molar-refractivity contribution in [1.82, 2.24) is 9.55 Å². The highest BCUT2D eigenvalue weighted by Crippen LogP contribution is 2.29. The van der Waals surface area contributed by atoms with Gasteiger partial charge in [-0.2, -0.15) is 0 Å². The number of pyridine rings is 2. The van der Waals surface area contributed by atoms with Crippen molar-refractivity contribution in [3.63, 3.8) is 0 Å². The van der Waals surface area contributed by atoms with Gasteiger partial charge in [0, 0.05) is 30.9 Å². The van der Waals surface area contributed by atoms with E-state index in [1.807, 2.05) is 0 Å². The highest BCUT2D eigenvalue weighted by molar-refractivity contribution is 5.92. The van der Waals surface area contributed by atoms with E-state index in [1.54, 1.807) is 11.8 Å². The number of nitrogen functional groups attached to an aromatic ring is 1. The molecule has 1 aliphatic rings. The predicted octanol–water partition coefficient (Wildman–Crippen LogP) is 2.01. The Morgan fingerprint density at radius 3 is 2.52 bits per heavy atom. The molecule has 11 heteroatoms. The number of rotatable bonds is 3. The lowest BCUT2D eigenvalue weighted by Crippen LogP contribution is -2.39. The Bertz CT molecular complexity index is 1310. The van der Waals surface area contributed by atoms with E-state index in [9.17, 15) is 27.9 Å². The summed E-state index contributed by atoms with van der Waals surface area (Å²) in [7, 11) is 0. The summed E-state index contributed by atoms with van der Waals surface area (Å²) < 4.78 is 44.1. The van der Waals surface area contributed by atoms with Gasteiger partial charge in [0.25, 0.3) is 0 Å². The lowest BCUT2D eigenvalue weighted by Gasteiger charge is -2.22. The zero-order valence-corrected chi connectivity index (χ0v) is 16.3. The van der Waals surface area contributed by atoms with Gasteiger partial charge in [-0.1, -0.05) is 0 Å². The second-order valence-electron chi connectivity index (χ2n) is 7.86. The van der Waals surface area contributed by atoms with Crippen molar-refractivity contribution in [2.45, 2.75) is 18.9 Å². The molecule has 8 nitrogen and oxygen atoms in total. The van der Waals surface area contributed by atoms with Crippen molar-refractivity contribution in [2.24, 2.45) is 5.73 Å². The van der Waals surface area contributed by atoms with E-state index in [-0.39, 0.29) is 29.1 Å². The van der Waals surface area contributed by atoms with Crippen LogP contribution in [-0.4, -0.2) is 39.3 Å². The van der Waals surface area contributed by atoms with E-state index in [2.05, 4.69) is 4.98 Å². The minimum atomic E-state index is -1.60. The van der Waals surface area contributed by atoms with E-state index >= 15 is 0 Å². The summed E-state index contributed by atoms with van der Waals surface area (Å²) in [6, 6.07) is 2.33. The summed E-state index contributed by atoms with van der Waals surface area (Å²) in [5.41, 5.74) is 8.40. The summed E-state index contributed by atoms with van der Waals surface area (Å²) in [6.45, 7) is 2.49. The summed E-state index contributed by atoms with van der Waals surface area (Å²) in [4.78, 5) is 30.0. The second kappa shape index (κ2) is 6.98. The molecule has 31 heavy (non-hydrogen) atoms. The van der Waals surface area contributed by atoms with Crippen LogP contribution in [0.3, 0.4) is 0 Å². The van der Waals surface area contributed by atoms with Crippen LogP contribution in [0, 0.1) is 17.5 Å². The fraction of sp³-hybridized carbons (Fsp3) is 0.250. The normalized spacial score (nSPS) is 18.7. The van der Waals surface area contributed by atoms with Gasteiger partial charge in [0.15, 0.2) is 17.3 Å². The molecular formula is C20H18F3N5O3. The SMILES string of the molecule is CC1(N)CCN(c2nc3c(cc2F)c(=O)c(C(=O)O)cn3-c2cc(N)c(F)cc2F)C1. The molecular weight excluding hydrogens is 415 g/mol. The number of hydrogen-bond acceptors (Lipinski definition) is 6. The number of benzene rings is 1. The van der Waals surface area contributed by atoms with Crippen molar-refractivity contribution >= 4 is 28.5 Å². The monoisotopic (exact) mass is 433 g/mol. The number of nitrogens with zero attached hydrogens (tertiary/aromatic N) is 3. The molecule has 162 valence electrons. The fourth-order valence-corrected chi connectivity index (χ4v) is 3.68. The van der Waals surface area contributed by atoms with Crippen molar-refractivity contribution < 1.29 is 23.1 Å². The number of aromatic nitrogens is 2. The molecule has 1 unspecified atom stereocenters. The van der Waals surface area contributed by atoms with Crippen LogP contribution in [0.2, 0.25) is 0 Å². The van der Waals surface area contributed by atoms with E-state index in [4.69, 9.17) is 11.5 Å². The van der Waals surface area contributed by atoms with Gasteiger partial charge in [-0.15, -0.1) is 0 Å². The maximum absolute atomic E-state index is 14.9. The third-order valence-electron chi connectivity index (χ3n) is 5.27. The maximum Gasteiger partial charge on any atom is 0.341 e. The van der Waals surface area contributed by atoms with E-state index in [0.29, 0.717) is 19.0 Å². The average molecular weight is 433 g/mol. The molecule has 1 aromatic carbocycles. The lowest BCUT2D eigenvalue weighted by molar-refractivity contribution is 0.0695. The van der Waals surface area contributed by atoms with Crippen LogP contribution in [0.15, 0.2) is 29.2 Å². The molecule has 0 saturated carbocycles. The molecule has 0 amide bonds. The zero-order chi connectivity index (χ0) is 22.7. The van der Waals surface area contributed by atoms with Gasteiger partial charge in [-0.05, 0) is 25.5 Å². The number of aromatic carboxylic acids is 1. The molecule has 0 radical (unpaired) electrons. The number of nitrogens with two attached hydrogens (primary N) is 2. The van der Waals surface area contributed by atoms with Gasteiger partial charge in [-0.25, -0.2) is 22.9 Å². The van der Waals surface area contributed by atoms with Gasteiger partial charge in [0.05, 0.1) is 16.8 Å². The largest absolute Gasteiger partial charge is 0.477 e. The number of anilines is 2. The molecule has 4 rings (SSSR count). The molecule has 3 aromatic rings. The third kappa shape index (κ3) is 3.46. The molecule has 0 spiro atoms. The molecule has 1 aliphatic heterocycles. The van der Waals surface area contributed by atoms with E-state index in [0.717, 1.165) is 22.9 Å². The lowest BCUT2D eigenvalue weighted by atomic mass is 10.0. The summed E-state index contributed by atoms with van der Waals surface area (Å²) in [5.74, 6) is -4.65. The van der Waals surface area contributed by atoms with Crippen LogP contribution in [0.1, 0.15) is 23.7 Å². The van der Waals surface area contributed by atoms with E-state index < -0.39 is 45.6 Å². The standard InChI is InChI=1S/C20H18F3N5O3/c1-20(25)2-3-27(8-20)18-13(23)4-9-16(29)10(19(30)31)7-28(17(9)26-18)15-6-14(24)11(21)5-12(15)22/h4-7H,2-3,8,24-25H2,1H3,(H,30,31). The Morgan fingerprint density at radius 2 is 1.90 bits per heavy atom. The molecule has 1 saturated heterocycles. The first-order valence-electron chi connectivity index (χ1n) is 9.26. The van der Waals surface area contributed by atoms with Gasteiger partial charge in [0.2, 0.25) is 5.43 Å². The van der Waals surface area contributed by atoms with Crippen molar-refractivity contribution in [1.29, 1.82) is 0 Å². The molecule has 0 aliphatic carbocycles. The summed E-state index contributed by atoms with van der Waals surface area (Å²) >= 11 is 0. The first-order chi connectivity index (χ1) is 14.5. The number of carbonyl (C=O) groups is 1. The first-order valence-corrected chi connectivity index (χ1v) is 9.26. The summed E-state index contributed by atoms with van der Waals surface area (Å²) in [6.07, 6.45) is 1.43. The Hall–Kier alpha value is -3.60. The molecule has 1 atom stereocenters. The van der Waals surface area contributed by atoms with Crippen LogP contribution in [0.4, 0.5) is 24.7 Å². The van der Waals surface area contributed by atoms with Gasteiger partial charge >= 0.3 is 5.97 Å². The van der Waals surface area contributed by atoms with Crippen LogP contribution >= 0.6 is 0 Å². The second-order valence-corrected chi connectivity index (χ2v) is 7.86. The minimum absolute atomic E-state index is 0.117. The molecule has 0 bridgehead atoms. The first kappa shape index (κ1) is 20.7. The Morgan fingerprint density at radius 1 is 1.19 bits per heavy atom. The van der Waals surface area contributed by atoms with Crippen LogP contribution in [0.25, 0.3) is 16.7 Å². The number of carboxylic acid groups (broad SMARTS) is 1. The number of carboxylic acids is 1. The third-order valence-corrected chi connectivity index (χ3v) is 5.27. The molecule has 5 N–H and O–H groups in total. The Labute approximate surface area is 173 Å².